The van der Waals surface area contributed by atoms with Crippen LogP contribution in [0.1, 0.15) is 23.1 Å². The maximum Gasteiger partial charge on any atom is 0.269 e. The fraction of sp³-hybridized carbons (Fsp3) is 0.143. The van der Waals surface area contributed by atoms with E-state index in [9.17, 15) is 19.7 Å². The molecule has 7 nitrogen and oxygen atoms in total. The molecule has 28 heavy (non-hydrogen) atoms. The lowest BCUT2D eigenvalue weighted by atomic mass is 10.1. The molecule has 1 heterocycles. The summed E-state index contributed by atoms with van der Waals surface area (Å²) in [7, 11) is 0. The van der Waals surface area contributed by atoms with Gasteiger partial charge >= 0.3 is 0 Å². The number of aryl methyl sites for hydroxylation is 1. The minimum Gasteiger partial charge on any atom is -0.322 e. The van der Waals surface area contributed by atoms with Gasteiger partial charge < -0.3 is 10.3 Å². The first-order chi connectivity index (χ1) is 13.5. The van der Waals surface area contributed by atoms with E-state index in [2.05, 4.69) is 10.3 Å². The standard InChI is InChI=1S/C21H17N3O4/c25-20(11-6-13-4-8-15(9-5-13)24(27)28)22-14-7-10-17-16-2-1-3-18(16)21(26)23-19(17)12-14/h4-12H,1-3H2,(H,22,25)(H,23,26)/b11-6-. The Kier molecular flexibility index (Phi) is 4.49. The molecule has 1 aromatic heterocycles. The minimum absolute atomic E-state index is 0.00163. The van der Waals surface area contributed by atoms with E-state index in [-0.39, 0.29) is 17.2 Å². The van der Waals surface area contributed by atoms with Crippen LogP contribution in [0.25, 0.3) is 17.0 Å². The number of aromatic nitrogens is 1. The smallest absolute Gasteiger partial charge is 0.269 e. The zero-order chi connectivity index (χ0) is 19.7. The summed E-state index contributed by atoms with van der Waals surface area (Å²) in [6.07, 6.45) is 5.64. The summed E-state index contributed by atoms with van der Waals surface area (Å²) in [5.41, 5.74) is 3.89. The van der Waals surface area contributed by atoms with E-state index in [0.717, 1.165) is 35.8 Å². The van der Waals surface area contributed by atoms with Crippen molar-refractivity contribution in [3.63, 3.8) is 0 Å². The van der Waals surface area contributed by atoms with Gasteiger partial charge in [0.15, 0.2) is 0 Å². The van der Waals surface area contributed by atoms with Gasteiger partial charge in [0.25, 0.3) is 11.2 Å². The van der Waals surface area contributed by atoms with Gasteiger partial charge in [-0.15, -0.1) is 0 Å². The first-order valence-electron chi connectivity index (χ1n) is 8.92. The SMILES string of the molecule is O=C(/C=C\c1ccc([N+](=O)[O-])cc1)Nc1ccc2c3c(c(=O)[nH]c2c1)CCC3. The van der Waals surface area contributed by atoms with Gasteiger partial charge in [0.05, 0.1) is 10.4 Å². The molecule has 7 heteroatoms. The molecule has 0 fully saturated rings. The van der Waals surface area contributed by atoms with E-state index >= 15 is 0 Å². The average Bonchev–Trinajstić information content (AvgIpc) is 3.17. The number of aromatic amines is 1. The zero-order valence-electron chi connectivity index (χ0n) is 14.9. The van der Waals surface area contributed by atoms with Crippen molar-refractivity contribution >= 4 is 34.3 Å². The van der Waals surface area contributed by atoms with Crippen LogP contribution in [-0.4, -0.2) is 15.8 Å². The van der Waals surface area contributed by atoms with Gasteiger partial charge in [-0.05, 0) is 60.7 Å². The van der Waals surface area contributed by atoms with Crippen LogP contribution in [0, 0.1) is 10.1 Å². The van der Waals surface area contributed by atoms with Crippen LogP contribution in [0.2, 0.25) is 0 Å². The van der Waals surface area contributed by atoms with Crippen molar-refractivity contribution in [3.05, 3.63) is 85.7 Å². The molecule has 0 saturated heterocycles. The molecule has 0 bridgehead atoms. The number of amides is 1. The number of hydrogen-bond acceptors (Lipinski definition) is 4. The molecule has 0 saturated carbocycles. The summed E-state index contributed by atoms with van der Waals surface area (Å²) >= 11 is 0. The zero-order valence-corrected chi connectivity index (χ0v) is 14.9. The molecule has 140 valence electrons. The second kappa shape index (κ2) is 7.11. The van der Waals surface area contributed by atoms with Gasteiger partial charge in [0.2, 0.25) is 5.91 Å². The topological polar surface area (TPSA) is 105 Å². The number of nitrogens with zero attached hydrogens (tertiary/aromatic N) is 1. The lowest BCUT2D eigenvalue weighted by Crippen LogP contribution is -2.13. The highest BCUT2D eigenvalue weighted by Crippen LogP contribution is 2.27. The Morgan fingerprint density at radius 2 is 1.86 bits per heavy atom. The van der Waals surface area contributed by atoms with E-state index in [1.807, 2.05) is 12.1 Å². The van der Waals surface area contributed by atoms with Crippen LogP contribution in [0.4, 0.5) is 11.4 Å². The quantitative estimate of drug-likeness (QED) is 0.413. The molecule has 0 unspecified atom stereocenters. The third-order valence-corrected chi connectivity index (χ3v) is 4.88. The van der Waals surface area contributed by atoms with E-state index in [1.165, 1.54) is 18.2 Å². The van der Waals surface area contributed by atoms with Crippen LogP contribution in [0.15, 0.2) is 53.3 Å². The number of rotatable bonds is 4. The first-order valence-corrected chi connectivity index (χ1v) is 8.92. The summed E-state index contributed by atoms with van der Waals surface area (Å²) in [6.45, 7) is 0. The summed E-state index contributed by atoms with van der Waals surface area (Å²) in [4.78, 5) is 37.4. The normalized spacial score (nSPS) is 13.0. The monoisotopic (exact) mass is 375 g/mol. The Bertz CT molecular complexity index is 1180. The van der Waals surface area contributed by atoms with Crippen LogP contribution < -0.4 is 10.9 Å². The van der Waals surface area contributed by atoms with E-state index in [0.29, 0.717) is 16.8 Å². The van der Waals surface area contributed by atoms with Gasteiger partial charge in [-0.25, -0.2) is 0 Å². The van der Waals surface area contributed by atoms with Crippen molar-refractivity contribution in [2.75, 3.05) is 5.32 Å². The summed E-state index contributed by atoms with van der Waals surface area (Å²) in [6, 6.07) is 11.4. The van der Waals surface area contributed by atoms with Crippen molar-refractivity contribution < 1.29 is 9.72 Å². The number of nitro benzene ring substituents is 1. The first kappa shape index (κ1) is 17.7. The predicted molar refractivity (Wildman–Crippen MR) is 107 cm³/mol. The highest BCUT2D eigenvalue weighted by atomic mass is 16.6. The van der Waals surface area contributed by atoms with E-state index < -0.39 is 4.92 Å². The molecule has 1 amide bonds. The van der Waals surface area contributed by atoms with Crippen molar-refractivity contribution in [1.29, 1.82) is 0 Å². The van der Waals surface area contributed by atoms with Crippen molar-refractivity contribution in [2.24, 2.45) is 0 Å². The molecular weight excluding hydrogens is 358 g/mol. The number of nitro groups is 1. The molecule has 0 atom stereocenters. The Balaban J connectivity index is 1.51. The number of anilines is 1. The lowest BCUT2D eigenvalue weighted by molar-refractivity contribution is -0.384. The third kappa shape index (κ3) is 3.42. The molecule has 1 aliphatic rings. The maximum atomic E-state index is 12.2. The lowest BCUT2D eigenvalue weighted by Gasteiger charge is -2.08. The van der Waals surface area contributed by atoms with Gasteiger partial charge in [0, 0.05) is 34.8 Å². The fourth-order valence-electron chi connectivity index (χ4n) is 3.54. The average molecular weight is 375 g/mol. The molecule has 2 aromatic carbocycles. The Morgan fingerprint density at radius 3 is 2.61 bits per heavy atom. The molecule has 4 rings (SSSR count). The number of benzene rings is 2. The molecule has 0 spiro atoms. The molecule has 0 radical (unpaired) electrons. The van der Waals surface area contributed by atoms with E-state index in [1.54, 1.807) is 24.3 Å². The number of nitrogens with one attached hydrogen (secondary N) is 2. The fourth-order valence-corrected chi connectivity index (χ4v) is 3.54. The van der Waals surface area contributed by atoms with Crippen LogP contribution in [0.3, 0.4) is 0 Å². The maximum absolute atomic E-state index is 12.2. The third-order valence-electron chi connectivity index (χ3n) is 4.88. The number of fused-ring (bicyclic) bond motifs is 3. The highest BCUT2D eigenvalue weighted by Gasteiger charge is 2.17. The summed E-state index contributed by atoms with van der Waals surface area (Å²) in [5, 5.41) is 14.4. The van der Waals surface area contributed by atoms with E-state index in [4.69, 9.17) is 0 Å². The predicted octanol–water partition coefficient (Wildman–Crippen LogP) is 3.58. The van der Waals surface area contributed by atoms with Gasteiger partial charge in [0.1, 0.15) is 0 Å². The number of pyridine rings is 1. The molecular formula is C21H17N3O4. The van der Waals surface area contributed by atoms with Crippen LogP contribution >= 0.6 is 0 Å². The number of H-pyrrole nitrogens is 1. The Hall–Kier alpha value is -3.74. The Labute approximate surface area is 159 Å². The second-order valence-electron chi connectivity index (χ2n) is 6.70. The number of hydrogen-bond donors (Lipinski definition) is 2. The van der Waals surface area contributed by atoms with Gasteiger partial charge in [-0.1, -0.05) is 6.07 Å². The second-order valence-corrected chi connectivity index (χ2v) is 6.70. The Morgan fingerprint density at radius 1 is 1.11 bits per heavy atom. The van der Waals surface area contributed by atoms with Crippen molar-refractivity contribution in [2.45, 2.75) is 19.3 Å². The highest BCUT2D eigenvalue weighted by molar-refractivity contribution is 6.03. The van der Waals surface area contributed by atoms with Crippen molar-refractivity contribution in [3.8, 4) is 0 Å². The number of carbonyl (C=O) groups is 1. The number of non-ortho nitro benzene ring substituents is 1. The van der Waals surface area contributed by atoms with Gasteiger partial charge in [-0.2, -0.15) is 0 Å². The van der Waals surface area contributed by atoms with Crippen LogP contribution in [0.5, 0.6) is 0 Å². The molecule has 1 aliphatic carbocycles. The van der Waals surface area contributed by atoms with Crippen molar-refractivity contribution in [1.82, 2.24) is 4.98 Å². The van der Waals surface area contributed by atoms with Gasteiger partial charge in [-0.3, -0.25) is 19.7 Å². The summed E-state index contributed by atoms with van der Waals surface area (Å²) in [5.74, 6) is -0.332. The van der Waals surface area contributed by atoms with Crippen LogP contribution in [-0.2, 0) is 17.6 Å². The molecule has 3 aromatic rings. The summed E-state index contributed by atoms with van der Waals surface area (Å²) < 4.78 is 0. The molecule has 0 aliphatic heterocycles. The largest absolute Gasteiger partial charge is 0.322 e. The molecule has 2 N–H and O–H groups in total. The minimum atomic E-state index is -0.473. The number of carbonyl (C=O) groups excluding carboxylic acids is 1.